The number of nitrogens with zero attached hydrogens (tertiary/aromatic N) is 2. The van der Waals surface area contributed by atoms with Crippen LogP contribution in [0.4, 0.5) is 17.1 Å². The summed E-state index contributed by atoms with van der Waals surface area (Å²) in [5, 5.41) is 4.97. The molecule has 0 bridgehead atoms. The van der Waals surface area contributed by atoms with Gasteiger partial charge in [0.2, 0.25) is 0 Å². The fraction of sp³-hybridized carbons (Fsp3) is 0. The number of para-hydroxylation sites is 2. The van der Waals surface area contributed by atoms with E-state index in [0.29, 0.717) is 0 Å². The fourth-order valence-electron chi connectivity index (χ4n) is 9.00. The summed E-state index contributed by atoms with van der Waals surface area (Å²) in [4.78, 5) is 2.41. The number of hydrogen-bond donors (Lipinski definition) is 0. The van der Waals surface area contributed by atoms with E-state index in [2.05, 4.69) is 252 Å². The highest BCUT2D eigenvalue weighted by molar-refractivity contribution is 6.16. The number of benzene rings is 10. The Kier molecular flexibility index (Phi) is 8.87. The molecular weight excluding hydrogens is 725 g/mol. The Morgan fingerprint density at radius 1 is 0.283 bits per heavy atom. The molecule has 0 fully saturated rings. The Morgan fingerprint density at radius 3 is 1.47 bits per heavy atom. The number of fused-ring (bicyclic) bond motifs is 4. The molecule has 0 spiro atoms. The van der Waals surface area contributed by atoms with Gasteiger partial charge < -0.3 is 9.47 Å². The zero-order valence-corrected chi connectivity index (χ0v) is 33.0. The van der Waals surface area contributed by atoms with Crippen molar-refractivity contribution in [1.29, 1.82) is 0 Å². The van der Waals surface area contributed by atoms with Gasteiger partial charge in [-0.15, -0.1) is 0 Å². The van der Waals surface area contributed by atoms with Crippen molar-refractivity contribution < 1.29 is 0 Å². The maximum absolute atomic E-state index is 2.41. The molecule has 0 atom stereocenters. The van der Waals surface area contributed by atoms with Crippen LogP contribution in [0.25, 0.3) is 82.8 Å². The van der Waals surface area contributed by atoms with Crippen LogP contribution in [0.3, 0.4) is 0 Å². The highest BCUT2D eigenvalue weighted by atomic mass is 15.1. The molecule has 0 unspecified atom stereocenters. The monoisotopic (exact) mass is 764 g/mol. The number of hydrogen-bond acceptors (Lipinski definition) is 1. The quantitative estimate of drug-likeness (QED) is 0.150. The minimum Gasteiger partial charge on any atom is -0.310 e. The van der Waals surface area contributed by atoms with Crippen molar-refractivity contribution in [2.45, 2.75) is 0 Å². The lowest BCUT2D eigenvalue weighted by molar-refractivity contribution is 1.18. The van der Waals surface area contributed by atoms with Crippen molar-refractivity contribution >= 4 is 49.6 Å². The van der Waals surface area contributed by atoms with Gasteiger partial charge in [0, 0.05) is 33.5 Å². The second-order valence-corrected chi connectivity index (χ2v) is 15.3. The van der Waals surface area contributed by atoms with Crippen molar-refractivity contribution in [1.82, 2.24) is 4.57 Å². The van der Waals surface area contributed by atoms with Gasteiger partial charge in [0.25, 0.3) is 0 Å². The molecular formula is C58H40N2. The van der Waals surface area contributed by atoms with E-state index in [-0.39, 0.29) is 0 Å². The van der Waals surface area contributed by atoms with Gasteiger partial charge in [0.1, 0.15) is 0 Å². The van der Waals surface area contributed by atoms with Gasteiger partial charge in [-0.3, -0.25) is 0 Å². The van der Waals surface area contributed by atoms with Crippen molar-refractivity contribution in [2.24, 2.45) is 0 Å². The lowest BCUT2D eigenvalue weighted by Gasteiger charge is -2.27. The predicted octanol–water partition coefficient (Wildman–Crippen LogP) is 16.1. The van der Waals surface area contributed by atoms with Crippen LogP contribution in [0.5, 0.6) is 0 Å². The van der Waals surface area contributed by atoms with E-state index in [0.717, 1.165) is 33.9 Å². The van der Waals surface area contributed by atoms with E-state index in [1.165, 1.54) is 66.0 Å². The molecule has 0 saturated carbocycles. The van der Waals surface area contributed by atoms with E-state index in [4.69, 9.17) is 0 Å². The SMILES string of the molecule is c1ccc(-c2cccc(-c3cccc(N(c4cccc(-c5cccc6ccccc56)c4)c4cccc(-c5cccc6c5c5ccccc5n6-c5ccccc5)c4)c3)c2)cc1. The molecule has 1 heterocycles. The molecule has 60 heavy (non-hydrogen) atoms. The zero-order valence-electron chi connectivity index (χ0n) is 33.0. The Labute approximate surface area is 350 Å². The Hall–Kier alpha value is -7.94. The second kappa shape index (κ2) is 15.1. The van der Waals surface area contributed by atoms with E-state index >= 15 is 0 Å². The topological polar surface area (TPSA) is 8.17 Å². The van der Waals surface area contributed by atoms with E-state index in [9.17, 15) is 0 Å². The molecule has 2 nitrogen and oxygen atoms in total. The van der Waals surface area contributed by atoms with Crippen molar-refractivity contribution in [3.8, 4) is 50.2 Å². The van der Waals surface area contributed by atoms with Crippen LogP contribution >= 0.6 is 0 Å². The van der Waals surface area contributed by atoms with Gasteiger partial charge in [-0.2, -0.15) is 0 Å². The highest BCUT2D eigenvalue weighted by Gasteiger charge is 2.19. The smallest absolute Gasteiger partial charge is 0.0547 e. The van der Waals surface area contributed by atoms with Crippen molar-refractivity contribution in [2.75, 3.05) is 4.90 Å². The first kappa shape index (κ1) is 35.2. The number of rotatable bonds is 8. The third-order valence-electron chi connectivity index (χ3n) is 11.7. The molecule has 0 saturated heterocycles. The van der Waals surface area contributed by atoms with E-state index in [1.54, 1.807) is 0 Å². The van der Waals surface area contributed by atoms with Gasteiger partial charge in [-0.25, -0.2) is 0 Å². The lowest BCUT2D eigenvalue weighted by Crippen LogP contribution is -2.10. The van der Waals surface area contributed by atoms with Crippen LogP contribution in [-0.2, 0) is 0 Å². The van der Waals surface area contributed by atoms with Crippen LogP contribution in [-0.4, -0.2) is 4.57 Å². The summed E-state index contributed by atoms with van der Waals surface area (Å²) in [7, 11) is 0. The van der Waals surface area contributed by atoms with Gasteiger partial charge in [-0.1, -0.05) is 176 Å². The Balaban J connectivity index is 1.09. The first-order valence-electron chi connectivity index (χ1n) is 20.6. The van der Waals surface area contributed by atoms with Crippen molar-refractivity contribution in [3.05, 3.63) is 243 Å². The minimum atomic E-state index is 1.08. The van der Waals surface area contributed by atoms with Crippen LogP contribution in [0, 0.1) is 0 Å². The molecule has 282 valence electrons. The van der Waals surface area contributed by atoms with E-state index in [1.807, 2.05) is 0 Å². The standard InChI is InChI=1S/C58H40N2/c1-3-17-41(18-4-1)43-21-11-22-44(37-43)45-23-12-28-49(38-45)59(50-29-13-24-46(39-50)53-33-15-20-42-19-7-8-31-52(42)53)51-30-14-25-47(40-51)54-34-16-36-57-58(54)55-32-9-10-35-56(55)60(57)48-26-5-2-6-27-48/h1-40H. The normalized spacial score (nSPS) is 11.3. The molecule has 11 aromatic rings. The average Bonchev–Trinajstić information content (AvgIpc) is 3.67. The number of anilines is 3. The molecule has 0 aliphatic carbocycles. The summed E-state index contributed by atoms with van der Waals surface area (Å²) in [6.45, 7) is 0. The van der Waals surface area contributed by atoms with Gasteiger partial charge in [0.15, 0.2) is 0 Å². The van der Waals surface area contributed by atoms with Gasteiger partial charge >= 0.3 is 0 Å². The Bertz CT molecular complexity index is 3320. The molecule has 1 aromatic heterocycles. The molecule has 11 rings (SSSR count). The Morgan fingerprint density at radius 2 is 0.733 bits per heavy atom. The largest absolute Gasteiger partial charge is 0.310 e. The summed E-state index contributed by atoms with van der Waals surface area (Å²) in [5.41, 5.74) is 16.3. The predicted molar refractivity (Wildman–Crippen MR) is 255 cm³/mol. The third-order valence-corrected chi connectivity index (χ3v) is 11.7. The highest BCUT2D eigenvalue weighted by Crippen LogP contribution is 2.43. The summed E-state index contributed by atoms with van der Waals surface area (Å²) >= 11 is 0. The third kappa shape index (κ3) is 6.32. The summed E-state index contributed by atoms with van der Waals surface area (Å²) in [6.07, 6.45) is 0. The second-order valence-electron chi connectivity index (χ2n) is 15.3. The minimum absolute atomic E-state index is 1.08. The molecule has 0 N–H and O–H groups in total. The maximum Gasteiger partial charge on any atom is 0.0547 e. The van der Waals surface area contributed by atoms with Gasteiger partial charge in [0.05, 0.1) is 11.0 Å². The lowest BCUT2D eigenvalue weighted by atomic mass is 9.96. The van der Waals surface area contributed by atoms with E-state index < -0.39 is 0 Å². The summed E-state index contributed by atoms with van der Waals surface area (Å²) in [6, 6.07) is 87.9. The first-order valence-corrected chi connectivity index (χ1v) is 20.6. The molecule has 0 amide bonds. The van der Waals surface area contributed by atoms with Gasteiger partial charge in [-0.05, 0) is 122 Å². The van der Waals surface area contributed by atoms with Crippen LogP contribution in [0.1, 0.15) is 0 Å². The van der Waals surface area contributed by atoms with Crippen molar-refractivity contribution in [3.63, 3.8) is 0 Å². The molecule has 2 heteroatoms. The molecule has 0 aliphatic heterocycles. The summed E-state index contributed by atoms with van der Waals surface area (Å²) in [5.74, 6) is 0. The number of aromatic nitrogens is 1. The average molecular weight is 765 g/mol. The van der Waals surface area contributed by atoms with Crippen LogP contribution < -0.4 is 4.90 Å². The molecule has 0 aliphatic rings. The maximum atomic E-state index is 2.41. The summed E-state index contributed by atoms with van der Waals surface area (Å²) < 4.78 is 2.39. The van der Waals surface area contributed by atoms with Crippen LogP contribution in [0.2, 0.25) is 0 Å². The molecule has 0 radical (unpaired) electrons. The zero-order chi connectivity index (χ0) is 39.8. The first-order chi connectivity index (χ1) is 29.8. The van der Waals surface area contributed by atoms with Crippen LogP contribution in [0.15, 0.2) is 243 Å². The fourth-order valence-corrected chi connectivity index (χ4v) is 9.00. The molecule has 10 aromatic carbocycles.